The molecule has 4 rings (SSSR count). The normalized spacial score (nSPS) is 13.6. The topological polar surface area (TPSA) is 87.9 Å². The summed E-state index contributed by atoms with van der Waals surface area (Å²) in [6.07, 6.45) is 4.16. The molecule has 0 aliphatic heterocycles. The molecule has 1 N–H and O–H groups in total. The highest BCUT2D eigenvalue weighted by Crippen LogP contribution is 2.39. The van der Waals surface area contributed by atoms with Crippen molar-refractivity contribution in [3.05, 3.63) is 53.2 Å². The Morgan fingerprint density at radius 1 is 1.29 bits per heavy atom. The van der Waals surface area contributed by atoms with Crippen LogP contribution >= 0.6 is 0 Å². The van der Waals surface area contributed by atoms with Gasteiger partial charge in [0.05, 0.1) is 17.9 Å². The first-order chi connectivity index (χ1) is 13.6. The molecule has 28 heavy (non-hydrogen) atoms. The maximum atomic E-state index is 12.4. The monoisotopic (exact) mass is 379 g/mol. The SMILES string of the molecule is Cc1ccc(-c2noc(CCCC(=O)N(C)Cc3cc(C4CC4)n[nH]3)n2)cc1. The molecular formula is C21H25N5O2. The molecule has 1 aliphatic carbocycles. The third kappa shape index (κ3) is 4.47. The highest BCUT2D eigenvalue weighted by Gasteiger charge is 2.26. The minimum absolute atomic E-state index is 0.0980. The lowest BCUT2D eigenvalue weighted by Gasteiger charge is -2.15. The Hall–Kier alpha value is -2.96. The second-order valence-corrected chi connectivity index (χ2v) is 7.57. The predicted octanol–water partition coefficient (Wildman–Crippen LogP) is 3.63. The van der Waals surface area contributed by atoms with Crippen molar-refractivity contribution in [1.82, 2.24) is 25.2 Å². The zero-order valence-corrected chi connectivity index (χ0v) is 16.3. The van der Waals surface area contributed by atoms with Crippen LogP contribution in [-0.2, 0) is 17.8 Å². The molecule has 146 valence electrons. The Labute approximate surface area is 164 Å². The number of aryl methyl sites for hydroxylation is 2. The second kappa shape index (κ2) is 7.96. The highest BCUT2D eigenvalue weighted by atomic mass is 16.5. The van der Waals surface area contributed by atoms with E-state index in [0.717, 1.165) is 17.0 Å². The van der Waals surface area contributed by atoms with Crippen LogP contribution in [0.15, 0.2) is 34.9 Å². The lowest BCUT2D eigenvalue weighted by Crippen LogP contribution is -2.26. The maximum Gasteiger partial charge on any atom is 0.226 e. The van der Waals surface area contributed by atoms with Gasteiger partial charge in [-0.05, 0) is 32.3 Å². The van der Waals surface area contributed by atoms with E-state index < -0.39 is 0 Å². The minimum Gasteiger partial charge on any atom is -0.340 e. The third-order valence-electron chi connectivity index (χ3n) is 5.04. The van der Waals surface area contributed by atoms with Gasteiger partial charge in [0.2, 0.25) is 17.6 Å². The first-order valence-electron chi connectivity index (χ1n) is 9.76. The Morgan fingerprint density at radius 2 is 2.07 bits per heavy atom. The van der Waals surface area contributed by atoms with E-state index in [9.17, 15) is 4.79 Å². The third-order valence-corrected chi connectivity index (χ3v) is 5.04. The van der Waals surface area contributed by atoms with Crippen LogP contribution < -0.4 is 0 Å². The molecule has 7 heteroatoms. The largest absolute Gasteiger partial charge is 0.340 e. The van der Waals surface area contributed by atoms with E-state index in [1.54, 1.807) is 4.90 Å². The van der Waals surface area contributed by atoms with Crippen molar-refractivity contribution in [3.8, 4) is 11.4 Å². The van der Waals surface area contributed by atoms with Gasteiger partial charge < -0.3 is 9.42 Å². The molecule has 0 saturated heterocycles. The molecule has 3 aromatic rings. The molecule has 1 fully saturated rings. The quantitative estimate of drug-likeness (QED) is 0.646. The fraction of sp³-hybridized carbons (Fsp3) is 0.429. The van der Waals surface area contributed by atoms with Gasteiger partial charge in [-0.15, -0.1) is 0 Å². The van der Waals surface area contributed by atoms with Crippen LogP contribution in [0.2, 0.25) is 0 Å². The van der Waals surface area contributed by atoms with Gasteiger partial charge in [-0.25, -0.2) is 0 Å². The van der Waals surface area contributed by atoms with Gasteiger partial charge in [0, 0.05) is 31.4 Å². The van der Waals surface area contributed by atoms with Crippen LogP contribution in [0.5, 0.6) is 0 Å². The van der Waals surface area contributed by atoms with Crippen LogP contribution in [0.3, 0.4) is 0 Å². The predicted molar refractivity (Wildman–Crippen MR) is 104 cm³/mol. The van der Waals surface area contributed by atoms with Crippen molar-refractivity contribution in [1.29, 1.82) is 0 Å². The number of hydrogen-bond donors (Lipinski definition) is 1. The van der Waals surface area contributed by atoms with Crippen molar-refractivity contribution in [3.63, 3.8) is 0 Å². The number of aromatic amines is 1. The smallest absolute Gasteiger partial charge is 0.226 e. The summed E-state index contributed by atoms with van der Waals surface area (Å²) >= 11 is 0. The van der Waals surface area contributed by atoms with Crippen LogP contribution in [0.1, 0.15) is 54.4 Å². The number of aromatic nitrogens is 4. The summed E-state index contributed by atoms with van der Waals surface area (Å²) in [6, 6.07) is 10.1. The number of rotatable bonds is 8. The van der Waals surface area contributed by atoms with E-state index in [1.165, 1.54) is 18.4 Å². The first-order valence-corrected chi connectivity index (χ1v) is 9.76. The number of nitrogens with zero attached hydrogens (tertiary/aromatic N) is 4. The van der Waals surface area contributed by atoms with Crippen LogP contribution in [-0.4, -0.2) is 38.2 Å². The Bertz CT molecular complexity index is 940. The van der Waals surface area contributed by atoms with E-state index in [1.807, 2.05) is 38.2 Å². The van der Waals surface area contributed by atoms with Gasteiger partial charge >= 0.3 is 0 Å². The number of H-pyrrole nitrogens is 1. The van der Waals surface area contributed by atoms with E-state index in [0.29, 0.717) is 43.4 Å². The fourth-order valence-corrected chi connectivity index (χ4v) is 3.15. The molecule has 1 aliphatic rings. The number of benzene rings is 1. The maximum absolute atomic E-state index is 12.4. The number of nitrogens with one attached hydrogen (secondary N) is 1. The van der Waals surface area contributed by atoms with Crippen molar-refractivity contribution in [2.45, 2.75) is 51.5 Å². The van der Waals surface area contributed by atoms with Crippen molar-refractivity contribution >= 4 is 5.91 Å². The summed E-state index contributed by atoms with van der Waals surface area (Å²) in [5.41, 5.74) is 4.23. The van der Waals surface area contributed by atoms with E-state index in [4.69, 9.17) is 4.52 Å². The zero-order chi connectivity index (χ0) is 19.5. The van der Waals surface area contributed by atoms with E-state index >= 15 is 0 Å². The molecule has 2 aromatic heterocycles. The molecule has 0 atom stereocenters. The lowest BCUT2D eigenvalue weighted by molar-refractivity contribution is -0.130. The van der Waals surface area contributed by atoms with Gasteiger partial charge in [-0.2, -0.15) is 10.1 Å². The summed E-state index contributed by atoms with van der Waals surface area (Å²) in [6.45, 7) is 2.59. The molecule has 0 spiro atoms. The minimum atomic E-state index is 0.0980. The summed E-state index contributed by atoms with van der Waals surface area (Å²) in [5.74, 6) is 1.86. The van der Waals surface area contributed by atoms with Crippen molar-refractivity contribution < 1.29 is 9.32 Å². The fourth-order valence-electron chi connectivity index (χ4n) is 3.15. The number of hydrogen-bond acceptors (Lipinski definition) is 5. The summed E-state index contributed by atoms with van der Waals surface area (Å²) in [4.78, 5) is 18.5. The van der Waals surface area contributed by atoms with Gasteiger partial charge in [0.25, 0.3) is 0 Å². The molecule has 0 radical (unpaired) electrons. The Balaban J connectivity index is 1.24. The average Bonchev–Trinajstić information content (AvgIpc) is 3.25. The molecule has 1 aromatic carbocycles. The van der Waals surface area contributed by atoms with Crippen LogP contribution in [0, 0.1) is 6.92 Å². The van der Waals surface area contributed by atoms with E-state index in [-0.39, 0.29) is 5.91 Å². The highest BCUT2D eigenvalue weighted by molar-refractivity contribution is 5.75. The number of amides is 1. The molecule has 2 heterocycles. The Kier molecular flexibility index (Phi) is 5.23. The number of carbonyl (C=O) groups excluding carboxylic acids is 1. The molecule has 1 saturated carbocycles. The van der Waals surface area contributed by atoms with Crippen LogP contribution in [0.25, 0.3) is 11.4 Å². The zero-order valence-electron chi connectivity index (χ0n) is 16.3. The number of carbonyl (C=O) groups is 1. The Morgan fingerprint density at radius 3 is 2.82 bits per heavy atom. The summed E-state index contributed by atoms with van der Waals surface area (Å²) in [5, 5.41) is 11.4. The first kappa shape index (κ1) is 18.4. The molecule has 1 amide bonds. The van der Waals surface area contributed by atoms with Gasteiger partial charge in [-0.3, -0.25) is 9.89 Å². The van der Waals surface area contributed by atoms with Gasteiger partial charge in [-0.1, -0.05) is 35.0 Å². The lowest BCUT2D eigenvalue weighted by atomic mass is 10.1. The average molecular weight is 379 g/mol. The van der Waals surface area contributed by atoms with Crippen molar-refractivity contribution in [2.24, 2.45) is 0 Å². The molecular weight excluding hydrogens is 354 g/mol. The molecule has 0 bridgehead atoms. The molecule has 7 nitrogen and oxygen atoms in total. The summed E-state index contributed by atoms with van der Waals surface area (Å²) in [7, 11) is 1.82. The van der Waals surface area contributed by atoms with Crippen LogP contribution in [0.4, 0.5) is 0 Å². The van der Waals surface area contributed by atoms with Gasteiger partial charge in [0.15, 0.2) is 0 Å². The second-order valence-electron chi connectivity index (χ2n) is 7.57. The van der Waals surface area contributed by atoms with Gasteiger partial charge in [0.1, 0.15) is 0 Å². The molecule has 0 unspecified atom stereocenters. The van der Waals surface area contributed by atoms with Crippen molar-refractivity contribution in [2.75, 3.05) is 7.05 Å². The van der Waals surface area contributed by atoms with E-state index in [2.05, 4.69) is 26.4 Å². The summed E-state index contributed by atoms with van der Waals surface area (Å²) < 4.78 is 5.32. The standard InChI is InChI=1S/C21H25N5O2/c1-14-6-8-16(9-7-14)21-22-19(28-25-21)4-3-5-20(27)26(2)13-17-12-18(24-23-17)15-10-11-15/h6-9,12,15H,3-5,10-11,13H2,1-2H3,(H,23,24).